The molecule has 2 aliphatic heterocycles. The van der Waals surface area contributed by atoms with Crippen LogP contribution < -0.4 is 9.80 Å². The molecule has 0 radical (unpaired) electrons. The SMILES string of the molecule is [2H]c1c([2H])c([2H])c2c(c1[2H])c1c([2H])c([2H])c([2H])c([2H])c1n2-c1ccc2c(c1)N(c1c(-c3ccccc3)cccc1-c1ccccc1)c1cc(C3c4ccccc4Cc4ccccc43)cc3c1C2c1ccc(-n2c4c([2H])c([2H])c([2H])c([2H])c4c4c([2H])c([2H])c([2H])c([2H])c42)cc1N3c1c(-c2ccccc2)cccc1-c1ccccc1. The molecule has 0 saturated carbocycles. The molecule has 4 heterocycles. The van der Waals surface area contributed by atoms with Gasteiger partial charge in [0.25, 0.3) is 0 Å². The molecule has 20 rings (SSSR count). The summed E-state index contributed by atoms with van der Waals surface area (Å²) in [7, 11) is 0. The Balaban J connectivity index is 1.01. The minimum atomic E-state index is -0.769. The second-order valence-corrected chi connectivity index (χ2v) is 25.0. The van der Waals surface area contributed by atoms with E-state index in [1.54, 1.807) is 9.13 Å². The van der Waals surface area contributed by atoms with Gasteiger partial charge >= 0.3 is 0 Å². The molecule has 15 aromatic carbocycles. The Morgan fingerprint density at radius 1 is 0.278 bits per heavy atom. The molecule has 0 saturated heterocycles. The van der Waals surface area contributed by atoms with Gasteiger partial charge in [-0.2, -0.15) is 0 Å². The zero-order valence-electron chi connectivity index (χ0n) is 67.9. The van der Waals surface area contributed by atoms with Gasteiger partial charge in [-0.25, -0.2) is 0 Å². The number of rotatable bonds is 9. The molecule has 17 aromatic rings. The predicted octanol–water partition coefficient (Wildman–Crippen LogP) is 24.4. The Morgan fingerprint density at radius 3 is 0.969 bits per heavy atom. The van der Waals surface area contributed by atoms with E-state index in [4.69, 9.17) is 5.48 Å². The fraction of sp³-hybridized carbons (Fsp3) is 0.0323. The molecule has 0 N–H and O–H groups in total. The van der Waals surface area contributed by atoms with Gasteiger partial charge in [0.1, 0.15) is 0 Å². The molecule has 454 valence electrons. The van der Waals surface area contributed by atoms with Crippen molar-refractivity contribution in [3.8, 4) is 55.9 Å². The first-order chi connectivity index (χ1) is 54.8. The lowest BCUT2D eigenvalue weighted by molar-refractivity contribution is 0.868. The van der Waals surface area contributed by atoms with E-state index < -0.39 is 109 Å². The molecule has 0 atom stereocenters. The summed E-state index contributed by atoms with van der Waals surface area (Å²) in [6.45, 7) is 0. The summed E-state index contributed by atoms with van der Waals surface area (Å²) in [5, 5.41) is -0.284. The number of hydrogen-bond acceptors (Lipinski definition) is 2. The highest BCUT2D eigenvalue weighted by Crippen LogP contribution is 2.65. The number of fused-ring (bicyclic) bond motifs is 12. The second kappa shape index (κ2) is 22.1. The molecule has 0 bridgehead atoms. The fourth-order valence-corrected chi connectivity index (χ4v) is 15.9. The lowest BCUT2D eigenvalue weighted by Crippen LogP contribution is -2.31. The molecule has 2 aromatic heterocycles. The Morgan fingerprint density at radius 2 is 0.608 bits per heavy atom. The molecule has 0 unspecified atom stereocenters. The van der Waals surface area contributed by atoms with Gasteiger partial charge in [-0.3, -0.25) is 0 Å². The van der Waals surface area contributed by atoms with Crippen LogP contribution in [0.2, 0.25) is 0 Å². The van der Waals surface area contributed by atoms with Crippen molar-refractivity contribution >= 4 is 77.7 Å². The summed E-state index contributed by atoms with van der Waals surface area (Å²) in [5.74, 6) is -1.20. The van der Waals surface area contributed by atoms with Crippen LogP contribution in [0.4, 0.5) is 34.1 Å². The summed E-state index contributed by atoms with van der Waals surface area (Å²) in [6.07, 6.45) is 0.673. The molecular formula is C93H62N4. The first kappa shape index (κ1) is 41.3. The molecule has 0 spiro atoms. The van der Waals surface area contributed by atoms with Crippen LogP contribution in [0.1, 0.15) is 78.3 Å². The average molecular weight is 1250 g/mol. The Kier molecular flexibility index (Phi) is 9.38. The third-order valence-electron chi connectivity index (χ3n) is 19.9. The third-order valence-corrected chi connectivity index (χ3v) is 19.9. The van der Waals surface area contributed by atoms with E-state index in [-0.39, 0.29) is 43.6 Å². The summed E-state index contributed by atoms with van der Waals surface area (Å²) in [4.78, 5) is 4.66. The van der Waals surface area contributed by atoms with Crippen molar-refractivity contribution < 1.29 is 21.9 Å². The minimum Gasteiger partial charge on any atom is -0.309 e. The lowest BCUT2D eigenvalue weighted by atomic mass is 9.71. The summed E-state index contributed by atoms with van der Waals surface area (Å²) in [6, 6.07) is 78.7. The lowest BCUT2D eigenvalue weighted by Gasteiger charge is -2.47. The fourth-order valence-electron chi connectivity index (χ4n) is 15.9. The molecular weight excluding hydrogens is 1170 g/mol. The number of hydrogen-bond donors (Lipinski definition) is 0. The standard InChI is InChI=1S/C93H62N4/c1-5-27-60(28-6-1)71-43-25-44-72(61-29-7-2-8-30-61)92(71)96-85-58-67(94-81-47-21-17-39-75(81)76-40-18-22-48-82(76)94)51-53-79(85)90-80-54-52-68(95-83-49-23-19-41-77(83)78-42-20-24-50-84(78)95)59-86(80)97(93-73(62-31-9-3-10-32-62)45-26-46-74(93)63-33-11-4-12-34-63)88-57-66(56-87(96)91(88)90)89-69-37-15-13-35-64(69)55-65-36-14-16-38-70(65)89/h1-54,56-59,89-90H,55H2/i17D,18D,19D,20D,21D,22D,23D,24D,39D,40D,41D,42D,47D,48D,49D,50D. The average Bonchev–Trinajstić information content (AvgIpc) is 1.30. The van der Waals surface area contributed by atoms with Crippen molar-refractivity contribution in [3.63, 3.8) is 0 Å². The van der Waals surface area contributed by atoms with E-state index in [0.29, 0.717) is 29.2 Å². The van der Waals surface area contributed by atoms with Gasteiger partial charge in [0, 0.05) is 72.6 Å². The molecule has 0 amide bonds. The van der Waals surface area contributed by atoms with E-state index in [1.807, 2.05) is 109 Å². The van der Waals surface area contributed by atoms with Gasteiger partial charge in [0.15, 0.2) is 0 Å². The van der Waals surface area contributed by atoms with Crippen LogP contribution >= 0.6 is 0 Å². The summed E-state index contributed by atoms with van der Waals surface area (Å²) >= 11 is 0. The highest BCUT2D eigenvalue weighted by Gasteiger charge is 2.45. The monoisotopic (exact) mass is 1250 g/mol. The molecule has 4 nitrogen and oxygen atoms in total. The third kappa shape index (κ3) is 8.50. The normalized spacial score (nSPS) is 15.5. The number of benzene rings is 15. The topological polar surface area (TPSA) is 16.3 Å². The van der Waals surface area contributed by atoms with E-state index in [9.17, 15) is 16.4 Å². The van der Waals surface area contributed by atoms with Gasteiger partial charge in [0.2, 0.25) is 0 Å². The van der Waals surface area contributed by atoms with Gasteiger partial charge in [0.05, 0.1) is 78.1 Å². The van der Waals surface area contributed by atoms with Crippen LogP contribution in [0.15, 0.2) is 351 Å². The number of aromatic nitrogens is 2. The molecule has 4 heteroatoms. The predicted molar refractivity (Wildman–Crippen MR) is 404 cm³/mol. The Hall–Kier alpha value is -12.5. The maximum atomic E-state index is 9.85. The minimum absolute atomic E-state index is 0.0492. The van der Waals surface area contributed by atoms with Crippen LogP contribution in [0, 0.1) is 0 Å². The largest absolute Gasteiger partial charge is 0.309 e. The van der Waals surface area contributed by atoms with Crippen molar-refractivity contribution in [3.05, 3.63) is 396 Å². The smallest absolute Gasteiger partial charge is 0.0645 e. The molecule has 1 aliphatic carbocycles. The van der Waals surface area contributed by atoms with Crippen molar-refractivity contribution in [1.82, 2.24) is 9.13 Å². The van der Waals surface area contributed by atoms with Crippen molar-refractivity contribution in [2.45, 2.75) is 18.3 Å². The van der Waals surface area contributed by atoms with Crippen molar-refractivity contribution in [1.29, 1.82) is 0 Å². The van der Waals surface area contributed by atoms with Gasteiger partial charge in [-0.1, -0.05) is 291 Å². The Labute approximate surface area is 586 Å². The van der Waals surface area contributed by atoms with E-state index in [1.165, 1.54) is 0 Å². The van der Waals surface area contributed by atoms with Crippen LogP contribution in [-0.4, -0.2) is 9.13 Å². The second-order valence-electron chi connectivity index (χ2n) is 25.0. The molecule has 0 fully saturated rings. The number of para-hydroxylation sites is 6. The van der Waals surface area contributed by atoms with Crippen LogP contribution in [0.5, 0.6) is 0 Å². The highest BCUT2D eigenvalue weighted by atomic mass is 15.2. The summed E-state index contributed by atoms with van der Waals surface area (Å²) in [5.41, 5.74) is 19.3. The first-order valence-electron chi connectivity index (χ1n) is 40.5. The van der Waals surface area contributed by atoms with Crippen molar-refractivity contribution in [2.75, 3.05) is 9.80 Å². The quantitative estimate of drug-likeness (QED) is 0.143. The van der Waals surface area contributed by atoms with Crippen LogP contribution in [-0.2, 0) is 6.42 Å². The zero-order chi connectivity index (χ0) is 77.6. The maximum absolute atomic E-state index is 9.85. The highest BCUT2D eigenvalue weighted by molar-refractivity contribution is 6.12. The molecule has 3 aliphatic rings. The maximum Gasteiger partial charge on any atom is 0.0645 e. The van der Waals surface area contributed by atoms with Crippen LogP contribution in [0.3, 0.4) is 0 Å². The van der Waals surface area contributed by atoms with E-state index in [2.05, 4.69) is 155 Å². The zero-order valence-corrected chi connectivity index (χ0v) is 51.9. The van der Waals surface area contributed by atoms with Gasteiger partial charge < -0.3 is 18.9 Å². The van der Waals surface area contributed by atoms with Crippen molar-refractivity contribution in [2.24, 2.45) is 0 Å². The van der Waals surface area contributed by atoms with E-state index >= 15 is 0 Å². The Bertz CT molecular complexity index is 6330. The summed E-state index contributed by atoms with van der Waals surface area (Å²) < 4.78 is 154. The van der Waals surface area contributed by atoms with Gasteiger partial charge in [-0.15, -0.1) is 0 Å². The first-order valence-corrected chi connectivity index (χ1v) is 32.5. The van der Waals surface area contributed by atoms with Crippen LogP contribution in [0.25, 0.3) is 99.5 Å². The molecule has 97 heavy (non-hydrogen) atoms. The number of anilines is 6. The van der Waals surface area contributed by atoms with E-state index in [0.717, 1.165) is 112 Å². The van der Waals surface area contributed by atoms with Gasteiger partial charge in [-0.05, 0) is 128 Å². The number of nitrogens with zero attached hydrogens (tertiary/aromatic N) is 4.